The quantitative estimate of drug-likeness (QED) is 0.659. The van der Waals surface area contributed by atoms with Crippen molar-refractivity contribution in [2.75, 3.05) is 24.7 Å². The molecule has 1 fully saturated rings. The molecule has 0 heterocycles. The van der Waals surface area contributed by atoms with Crippen LogP contribution in [0.25, 0.3) is 0 Å². The monoisotopic (exact) mass is 231 g/mol. The van der Waals surface area contributed by atoms with Gasteiger partial charge in [-0.1, -0.05) is 19.8 Å². The van der Waals surface area contributed by atoms with E-state index in [0.717, 1.165) is 30.7 Å². The molecule has 0 aromatic carbocycles. The minimum Gasteiger partial charge on any atom is -0.396 e. The van der Waals surface area contributed by atoms with Crippen molar-refractivity contribution in [1.82, 2.24) is 5.32 Å². The lowest BCUT2D eigenvalue weighted by Crippen LogP contribution is -2.38. The molecule has 0 unspecified atom stereocenters. The van der Waals surface area contributed by atoms with E-state index in [1.165, 1.54) is 31.4 Å². The van der Waals surface area contributed by atoms with E-state index in [1.807, 2.05) is 11.8 Å². The van der Waals surface area contributed by atoms with Crippen molar-refractivity contribution in [3.8, 4) is 0 Å². The van der Waals surface area contributed by atoms with E-state index in [4.69, 9.17) is 5.11 Å². The molecule has 0 aromatic heterocycles. The summed E-state index contributed by atoms with van der Waals surface area (Å²) in [5.41, 5.74) is 0. The first-order valence-corrected chi connectivity index (χ1v) is 7.42. The zero-order valence-electron chi connectivity index (χ0n) is 9.87. The van der Waals surface area contributed by atoms with Gasteiger partial charge in [-0.25, -0.2) is 0 Å². The van der Waals surface area contributed by atoms with Crippen LogP contribution in [0.2, 0.25) is 0 Å². The number of thioether (sulfide) groups is 1. The Morgan fingerprint density at radius 2 is 2.07 bits per heavy atom. The largest absolute Gasteiger partial charge is 0.396 e. The third-order valence-electron chi connectivity index (χ3n) is 3.21. The molecule has 0 saturated heterocycles. The predicted molar refractivity (Wildman–Crippen MR) is 68.5 cm³/mol. The molecule has 2 N–H and O–H groups in total. The van der Waals surface area contributed by atoms with E-state index in [0.29, 0.717) is 6.61 Å². The lowest BCUT2D eigenvalue weighted by Gasteiger charge is -2.29. The van der Waals surface area contributed by atoms with Crippen LogP contribution in [0.1, 0.15) is 39.0 Å². The Labute approximate surface area is 98.2 Å². The van der Waals surface area contributed by atoms with Gasteiger partial charge in [-0.3, -0.25) is 0 Å². The van der Waals surface area contributed by atoms with Crippen LogP contribution in [-0.4, -0.2) is 35.8 Å². The van der Waals surface area contributed by atoms with Crippen molar-refractivity contribution in [2.24, 2.45) is 5.92 Å². The van der Waals surface area contributed by atoms with E-state index in [9.17, 15) is 0 Å². The van der Waals surface area contributed by atoms with Crippen LogP contribution in [0.4, 0.5) is 0 Å². The summed E-state index contributed by atoms with van der Waals surface area (Å²) in [7, 11) is 0. The third kappa shape index (κ3) is 5.79. The van der Waals surface area contributed by atoms with Gasteiger partial charge >= 0.3 is 0 Å². The molecule has 90 valence electrons. The summed E-state index contributed by atoms with van der Waals surface area (Å²) in [6, 6.07) is 0.761. The number of rotatable bonds is 7. The Bertz CT molecular complexity index is 155. The number of nitrogens with one attached hydrogen (secondary N) is 1. The molecule has 0 amide bonds. The molecule has 2 nitrogen and oxygen atoms in total. The zero-order chi connectivity index (χ0) is 10.9. The molecule has 15 heavy (non-hydrogen) atoms. The van der Waals surface area contributed by atoms with Crippen molar-refractivity contribution >= 4 is 11.8 Å². The standard InChI is InChI=1S/C12H25NOS/c1-11-5-2-3-6-12(11)13-7-10-15-9-4-8-14/h11-14H,2-10H2,1H3/t11-,12-/m0/s1. The fourth-order valence-electron chi connectivity index (χ4n) is 2.20. The van der Waals surface area contributed by atoms with Crippen LogP contribution in [0.5, 0.6) is 0 Å². The van der Waals surface area contributed by atoms with Gasteiger partial charge in [0.1, 0.15) is 0 Å². The first-order valence-electron chi connectivity index (χ1n) is 6.26. The molecule has 1 saturated carbocycles. The molecule has 0 bridgehead atoms. The van der Waals surface area contributed by atoms with Crippen LogP contribution in [-0.2, 0) is 0 Å². The van der Waals surface area contributed by atoms with E-state index < -0.39 is 0 Å². The topological polar surface area (TPSA) is 32.3 Å². The van der Waals surface area contributed by atoms with Crippen molar-refractivity contribution < 1.29 is 5.11 Å². The minimum atomic E-state index is 0.333. The summed E-state index contributed by atoms with van der Waals surface area (Å²) >= 11 is 1.95. The first kappa shape index (κ1) is 13.3. The Balaban J connectivity index is 1.94. The second kappa shape index (κ2) is 8.43. The number of hydrogen-bond acceptors (Lipinski definition) is 3. The van der Waals surface area contributed by atoms with Gasteiger partial charge in [-0.15, -0.1) is 0 Å². The molecule has 3 heteroatoms. The second-order valence-electron chi connectivity index (χ2n) is 4.51. The van der Waals surface area contributed by atoms with Crippen LogP contribution in [0.3, 0.4) is 0 Å². The summed E-state index contributed by atoms with van der Waals surface area (Å²) in [6.45, 7) is 3.83. The minimum absolute atomic E-state index is 0.333. The van der Waals surface area contributed by atoms with Crippen molar-refractivity contribution in [3.05, 3.63) is 0 Å². The maximum atomic E-state index is 8.63. The van der Waals surface area contributed by atoms with Gasteiger partial charge in [-0.2, -0.15) is 11.8 Å². The van der Waals surface area contributed by atoms with Gasteiger partial charge in [0, 0.05) is 24.9 Å². The molecule has 0 aromatic rings. The van der Waals surface area contributed by atoms with Gasteiger partial charge in [0.15, 0.2) is 0 Å². The van der Waals surface area contributed by atoms with E-state index in [1.54, 1.807) is 0 Å². The number of aliphatic hydroxyl groups is 1. The number of hydrogen-bond donors (Lipinski definition) is 2. The molecular weight excluding hydrogens is 206 g/mol. The van der Waals surface area contributed by atoms with Crippen LogP contribution >= 0.6 is 11.8 Å². The third-order valence-corrected chi connectivity index (χ3v) is 4.28. The maximum absolute atomic E-state index is 8.63. The molecular formula is C12H25NOS. The Kier molecular flexibility index (Phi) is 7.49. The van der Waals surface area contributed by atoms with Gasteiger partial charge in [0.25, 0.3) is 0 Å². The van der Waals surface area contributed by atoms with Gasteiger partial charge in [-0.05, 0) is 30.9 Å². The highest BCUT2D eigenvalue weighted by Crippen LogP contribution is 2.23. The van der Waals surface area contributed by atoms with Crippen LogP contribution < -0.4 is 5.32 Å². The van der Waals surface area contributed by atoms with Gasteiger partial charge in [0.2, 0.25) is 0 Å². The summed E-state index contributed by atoms with van der Waals surface area (Å²) < 4.78 is 0. The average molecular weight is 231 g/mol. The van der Waals surface area contributed by atoms with Gasteiger partial charge < -0.3 is 10.4 Å². The van der Waals surface area contributed by atoms with Crippen molar-refractivity contribution in [2.45, 2.75) is 45.1 Å². The molecule has 1 rings (SSSR count). The average Bonchev–Trinajstić information content (AvgIpc) is 2.25. The van der Waals surface area contributed by atoms with E-state index in [-0.39, 0.29) is 0 Å². The highest BCUT2D eigenvalue weighted by atomic mass is 32.2. The lowest BCUT2D eigenvalue weighted by molar-refractivity contribution is 0.285. The number of aliphatic hydroxyl groups excluding tert-OH is 1. The summed E-state index contributed by atoms with van der Waals surface area (Å²) in [5, 5.41) is 12.3. The van der Waals surface area contributed by atoms with E-state index in [2.05, 4.69) is 12.2 Å². The van der Waals surface area contributed by atoms with Gasteiger partial charge in [0.05, 0.1) is 0 Å². The van der Waals surface area contributed by atoms with Crippen molar-refractivity contribution in [3.63, 3.8) is 0 Å². The fraction of sp³-hybridized carbons (Fsp3) is 1.00. The van der Waals surface area contributed by atoms with E-state index >= 15 is 0 Å². The SMILES string of the molecule is C[C@H]1CCCC[C@@H]1NCCSCCCO. The predicted octanol–water partition coefficient (Wildman–Crippen LogP) is 2.27. The molecule has 1 aliphatic rings. The maximum Gasteiger partial charge on any atom is 0.0438 e. The van der Waals surface area contributed by atoms with Crippen molar-refractivity contribution in [1.29, 1.82) is 0 Å². The Morgan fingerprint density at radius 1 is 1.27 bits per heavy atom. The molecule has 0 radical (unpaired) electrons. The summed E-state index contributed by atoms with van der Waals surface area (Å²) in [6.07, 6.45) is 6.52. The molecule has 0 aliphatic heterocycles. The smallest absolute Gasteiger partial charge is 0.0438 e. The van der Waals surface area contributed by atoms with Crippen LogP contribution in [0.15, 0.2) is 0 Å². The Hall–Kier alpha value is 0.270. The fourth-order valence-corrected chi connectivity index (χ4v) is 3.00. The highest BCUT2D eigenvalue weighted by Gasteiger charge is 2.19. The molecule has 0 spiro atoms. The Morgan fingerprint density at radius 3 is 2.80 bits per heavy atom. The first-order chi connectivity index (χ1) is 7.34. The zero-order valence-corrected chi connectivity index (χ0v) is 10.7. The highest BCUT2D eigenvalue weighted by molar-refractivity contribution is 7.99. The summed E-state index contributed by atoms with van der Waals surface area (Å²) in [5.74, 6) is 3.14. The van der Waals surface area contributed by atoms with Crippen LogP contribution in [0, 0.1) is 5.92 Å². The summed E-state index contributed by atoms with van der Waals surface area (Å²) in [4.78, 5) is 0. The second-order valence-corrected chi connectivity index (χ2v) is 5.74. The molecule has 1 aliphatic carbocycles. The normalized spacial score (nSPS) is 26.8. The molecule has 2 atom stereocenters. The lowest BCUT2D eigenvalue weighted by atomic mass is 9.86.